The number of fused-ring (bicyclic) bond motifs is 12. The molecular formula is C55H33NO. The molecule has 0 radical (unpaired) electrons. The molecule has 264 valence electrons. The largest absolute Gasteiger partial charge is 0.456 e. The van der Waals surface area contributed by atoms with E-state index in [4.69, 9.17) is 9.40 Å². The Morgan fingerprint density at radius 1 is 0.281 bits per heavy atom. The molecule has 0 amide bonds. The number of para-hydroxylation sites is 2. The fourth-order valence-electron chi connectivity index (χ4n) is 9.22. The summed E-state index contributed by atoms with van der Waals surface area (Å²) in [6.45, 7) is 0. The van der Waals surface area contributed by atoms with Gasteiger partial charge in [-0.05, 0) is 90.5 Å². The lowest BCUT2D eigenvalue weighted by Crippen LogP contribution is -1.93. The topological polar surface area (TPSA) is 26.0 Å². The lowest BCUT2D eigenvalue weighted by Gasteiger charge is -2.16. The molecule has 0 bridgehead atoms. The zero-order chi connectivity index (χ0) is 37.5. The molecular weight excluding hydrogens is 691 g/mol. The summed E-state index contributed by atoms with van der Waals surface area (Å²) < 4.78 is 6.64. The maximum Gasteiger partial charge on any atom is 0.136 e. The van der Waals surface area contributed by atoms with Gasteiger partial charge in [0.2, 0.25) is 0 Å². The molecule has 12 aromatic rings. The van der Waals surface area contributed by atoms with E-state index in [0.29, 0.717) is 0 Å². The summed E-state index contributed by atoms with van der Waals surface area (Å²) in [6, 6.07) is 72.1. The van der Waals surface area contributed by atoms with E-state index in [0.717, 1.165) is 66.2 Å². The van der Waals surface area contributed by atoms with Crippen LogP contribution in [0.5, 0.6) is 0 Å². The fraction of sp³-hybridized carbons (Fsp3) is 0. The summed E-state index contributed by atoms with van der Waals surface area (Å²) in [6.07, 6.45) is 0. The third-order valence-electron chi connectivity index (χ3n) is 11.8. The van der Waals surface area contributed by atoms with Gasteiger partial charge in [-0.15, -0.1) is 0 Å². The Balaban J connectivity index is 1.04. The highest BCUT2D eigenvalue weighted by Gasteiger charge is 2.22. The van der Waals surface area contributed by atoms with Crippen molar-refractivity contribution in [3.63, 3.8) is 0 Å². The molecule has 0 fully saturated rings. The number of pyridine rings is 1. The summed E-state index contributed by atoms with van der Waals surface area (Å²) in [4.78, 5) is 5.27. The molecule has 2 heterocycles. The number of nitrogens with zero attached hydrogens (tertiary/aromatic N) is 1. The van der Waals surface area contributed by atoms with Crippen LogP contribution in [0.2, 0.25) is 0 Å². The second-order valence-corrected chi connectivity index (χ2v) is 15.0. The van der Waals surface area contributed by atoms with Gasteiger partial charge in [0.1, 0.15) is 11.2 Å². The van der Waals surface area contributed by atoms with Gasteiger partial charge in [0.15, 0.2) is 0 Å². The van der Waals surface area contributed by atoms with Gasteiger partial charge >= 0.3 is 0 Å². The van der Waals surface area contributed by atoms with Crippen molar-refractivity contribution in [3.05, 3.63) is 200 Å². The van der Waals surface area contributed by atoms with Gasteiger partial charge in [-0.25, -0.2) is 4.98 Å². The molecule has 2 nitrogen and oxygen atoms in total. The maximum absolute atomic E-state index is 6.64. The van der Waals surface area contributed by atoms with Crippen LogP contribution in [0.4, 0.5) is 0 Å². The summed E-state index contributed by atoms with van der Waals surface area (Å²) >= 11 is 0. The monoisotopic (exact) mass is 723 g/mol. The van der Waals surface area contributed by atoms with Gasteiger partial charge in [0.05, 0.1) is 11.2 Å². The van der Waals surface area contributed by atoms with Crippen LogP contribution in [-0.4, -0.2) is 4.98 Å². The molecule has 0 aliphatic rings. The highest BCUT2D eigenvalue weighted by atomic mass is 16.3. The van der Waals surface area contributed by atoms with Crippen LogP contribution in [0, 0.1) is 0 Å². The molecule has 10 aromatic carbocycles. The first kappa shape index (κ1) is 31.8. The standard InChI is InChI=1S/C55H33NO/c1-2-13-36(14-3-1)55-48-33-51-54(46-22-9-11-24-50(46)57-51)52(53(48)45-21-8-10-23-49(45)56-55)39-16-12-15-37(31-39)34-25-27-35(28-26-34)38-29-30-44-42-19-5-4-17-40(42)41-18-6-7-20-43(41)47(44)32-38/h1-33H. The number of aromatic nitrogens is 1. The third kappa shape index (κ3) is 4.94. The summed E-state index contributed by atoms with van der Waals surface area (Å²) in [5.74, 6) is 0. The van der Waals surface area contributed by atoms with Crippen LogP contribution in [0.3, 0.4) is 0 Å². The van der Waals surface area contributed by atoms with Gasteiger partial charge in [0.25, 0.3) is 0 Å². The number of rotatable bonds is 4. The second-order valence-electron chi connectivity index (χ2n) is 15.0. The van der Waals surface area contributed by atoms with Crippen LogP contribution >= 0.6 is 0 Å². The predicted molar refractivity (Wildman–Crippen MR) is 241 cm³/mol. The van der Waals surface area contributed by atoms with Gasteiger partial charge < -0.3 is 4.42 Å². The Kier molecular flexibility index (Phi) is 6.96. The van der Waals surface area contributed by atoms with Gasteiger partial charge in [-0.2, -0.15) is 0 Å². The summed E-state index contributed by atoms with van der Waals surface area (Å²) in [5, 5.41) is 13.4. The van der Waals surface area contributed by atoms with E-state index < -0.39 is 0 Å². The average molecular weight is 724 g/mol. The van der Waals surface area contributed by atoms with Crippen molar-refractivity contribution in [2.75, 3.05) is 0 Å². The van der Waals surface area contributed by atoms with E-state index >= 15 is 0 Å². The Morgan fingerprint density at radius 2 is 0.807 bits per heavy atom. The van der Waals surface area contributed by atoms with E-state index in [9.17, 15) is 0 Å². The summed E-state index contributed by atoms with van der Waals surface area (Å²) in [7, 11) is 0. The SMILES string of the molecule is c1ccc(-c2nc3ccccc3c3c(-c4cccc(-c5ccc(-c6ccc7c8ccccc8c8ccccc8c7c6)cc5)c4)c4c(cc23)oc2ccccc24)cc1. The van der Waals surface area contributed by atoms with Crippen molar-refractivity contribution in [3.8, 4) is 44.6 Å². The molecule has 0 atom stereocenters. The van der Waals surface area contributed by atoms with Gasteiger partial charge in [0, 0.05) is 38.1 Å². The van der Waals surface area contributed by atoms with Gasteiger partial charge in [-0.1, -0.05) is 170 Å². The van der Waals surface area contributed by atoms with E-state index in [-0.39, 0.29) is 0 Å². The normalized spacial score (nSPS) is 11.9. The Bertz CT molecular complexity index is 3530. The lowest BCUT2D eigenvalue weighted by atomic mass is 9.88. The van der Waals surface area contributed by atoms with Crippen molar-refractivity contribution < 1.29 is 4.42 Å². The first-order valence-corrected chi connectivity index (χ1v) is 19.5. The number of hydrogen-bond donors (Lipinski definition) is 0. The zero-order valence-corrected chi connectivity index (χ0v) is 30.9. The van der Waals surface area contributed by atoms with Crippen molar-refractivity contribution in [2.24, 2.45) is 0 Å². The van der Waals surface area contributed by atoms with Crippen LogP contribution < -0.4 is 0 Å². The Labute approximate surface area is 328 Å². The minimum absolute atomic E-state index is 0.860. The van der Waals surface area contributed by atoms with E-state index in [2.05, 4.69) is 194 Å². The molecule has 0 aliphatic heterocycles. The highest BCUT2D eigenvalue weighted by molar-refractivity contribution is 6.28. The van der Waals surface area contributed by atoms with E-state index in [1.54, 1.807) is 0 Å². The average Bonchev–Trinajstić information content (AvgIpc) is 3.66. The second kappa shape index (κ2) is 12.5. The van der Waals surface area contributed by atoms with Crippen molar-refractivity contribution in [1.82, 2.24) is 4.98 Å². The minimum Gasteiger partial charge on any atom is -0.456 e. The fourth-order valence-corrected chi connectivity index (χ4v) is 9.22. The first-order chi connectivity index (χ1) is 28.3. The Hall–Kier alpha value is -7.55. The zero-order valence-electron chi connectivity index (χ0n) is 30.9. The van der Waals surface area contributed by atoms with Crippen LogP contribution in [0.25, 0.3) is 121 Å². The lowest BCUT2D eigenvalue weighted by molar-refractivity contribution is 0.669. The first-order valence-electron chi connectivity index (χ1n) is 19.5. The summed E-state index contributed by atoms with van der Waals surface area (Å²) in [5.41, 5.74) is 11.8. The predicted octanol–water partition coefficient (Wildman–Crippen LogP) is 15.4. The maximum atomic E-state index is 6.64. The molecule has 0 spiro atoms. The quantitative estimate of drug-likeness (QED) is 0.169. The van der Waals surface area contributed by atoms with Crippen molar-refractivity contribution >= 4 is 75.9 Å². The van der Waals surface area contributed by atoms with Crippen LogP contribution in [0.15, 0.2) is 205 Å². The molecule has 0 unspecified atom stereocenters. The molecule has 0 aliphatic carbocycles. The number of hydrogen-bond acceptors (Lipinski definition) is 2. The number of benzene rings is 10. The molecule has 0 N–H and O–H groups in total. The van der Waals surface area contributed by atoms with Crippen molar-refractivity contribution in [2.45, 2.75) is 0 Å². The molecule has 2 aromatic heterocycles. The van der Waals surface area contributed by atoms with Crippen molar-refractivity contribution in [1.29, 1.82) is 0 Å². The van der Waals surface area contributed by atoms with E-state index in [1.165, 1.54) is 54.4 Å². The third-order valence-corrected chi connectivity index (χ3v) is 11.8. The van der Waals surface area contributed by atoms with Crippen LogP contribution in [-0.2, 0) is 0 Å². The Morgan fingerprint density at radius 3 is 1.53 bits per heavy atom. The smallest absolute Gasteiger partial charge is 0.136 e. The minimum atomic E-state index is 0.860. The van der Waals surface area contributed by atoms with E-state index in [1.807, 2.05) is 6.07 Å². The molecule has 57 heavy (non-hydrogen) atoms. The number of furan rings is 1. The highest BCUT2D eigenvalue weighted by Crippen LogP contribution is 2.47. The molecule has 12 rings (SSSR count). The molecule has 0 saturated carbocycles. The molecule has 0 saturated heterocycles. The molecule has 2 heteroatoms. The van der Waals surface area contributed by atoms with Gasteiger partial charge in [-0.3, -0.25) is 0 Å². The van der Waals surface area contributed by atoms with Crippen LogP contribution in [0.1, 0.15) is 0 Å².